The van der Waals surface area contributed by atoms with Crippen molar-refractivity contribution in [2.45, 2.75) is 159 Å². The molecule has 2 saturated carbocycles. The number of β-amino-alcohol motifs (C(OH)–C–C–N with tert-alkyl or cyclic N) is 1. The highest BCUT2D eigenvalue weighted by Crippen LogP contribution is 2.51. The number of benzene rings is 2. The number of piperidine rings is 1. The molecule has 378 valence electrons. The van der Waals surface area contributed by atoms with E-state index in [0.717, 1.165) is 151 Å². The van der Waals surface area contributed by atoms with Crippen molar-refractivity contribution < 1.29 is 14.7 Å². The van der Waals surface area contributed by atoms with Crippen LogP contribution in [0.25, 0.3) is 27.2 Å². The normalized spacial score (nSPS) is 21.0. The first-order chi connectivity index (χ1) is 34.8. The van der Waals surface area contributed by atoms with Gasteiger partial charge in [-0.1, -0.05) is 94.5 Å². The van der Waals surface area contributed by atoms with Crippen molar-refractivity contribution in [3.63, 3.8) is 0 Å². The summed E-state index contributed by atoms with van der Waals surface area (Å²) < 4.78 is 4.64. The van der Waals surface area contributed by atoms with Gasteiger partial charge in [0.15, 0.2) is 0 Å². The molecule has 1 spiro atoms. The standard InChI is InChI=1S/C56H67BrN10O4S/c1-34-48(72-33-58-34)38-19-17-35(18-20-38)42(60-51(69)46-30-39(68)31-65(46)53(71)49(55(2,3)4)66-32-44(62-63-66)36-15-16-36)13-7-5-10-27-64-28-23-37(24-29-64)43-22-21-40-50(59-43)67-45-14-11-12-41(57)47(45)52(70)61-54(67)56(40)25-8-6-9-26-56/h11-12,14,17-22,32-33,36-37,39,42,46,49,68H,5-10,13,15-16,23-31H2,1-4H3,(H,60,69)/t39-,42-,46+,49?/m0/s1. The van der Waals surface area contributed by atoms with Crippen LogP contribution in [-0.4, -0.2) is 99.6 Å². The summed E-state index contributed by atoms with van der Waals surface area (Å²) in [7, 11) is 0. The zero-order valence-electron chi connectivity index (χ0n) is 42.0. The lowest BCUT2D eigenvalue weighted by Gasteiger charge is -2.35. The maximum Gasteiger partial charge on any atom is 0.281 e. The van der Waals surface area contributed by atoms with Crippen molar-refractivity contribution in [3.05, 3.63) is 115 Å². The van der Waals surface area contributed by atoms with Crippen molar-refractivity contribution in [1.82, 2.24) is 49.6 Å². The summed E-state index contributed by atoms with van der Waals surface area (Å²) in [5.74, 6) is 2.09. The minimum absolute atomic E-state index is 0.0915. The third kappa shape index (κ3) is 9.38. The minimum atomic E-state index is -0.810. The molecule has 4 aromatic heterocycles. The molecule has 16 heteroatoms. The Morgan fingerprint density at radius 2 is 1.69 bits per heavy atom. The van der Waals surface area contributed by atoms with Gasteiger partial charge in [-0.2, -0.15) is 4.98 Å². The molecule has 14 nitrogen and oxygen atoms in total. The molecule has 2 saturated heterocycles. The van der Waals surface area contributed by atoms with Crippen LogP contribution in [0.2, 0.25) is 0 Å². The molecule has 2 aliphatic carbocycles. The summed E-state index contributed by atoms with van der Waals surface area (Å²) in [5.41, 5.74) is 8.13. The number of aromatic nitrogens is 7. The Bertz CT molecular complexity index is 3030. The predicted molar refractivity (Wildman–Crippen MR) is 283 cm³/mol. The predicted octanol–water partition coefficient (Wildman–Crippen LogP) is 9.85. The zero-order chi connectivity index (χ0) is 49.9. The molecular weight excluding hydrogens is 989 g/mol. The van der Waals surface area contributed by atoms with E-state index in [1.54, 1.807) is 20.9 Å². The largest absolute Gasteiger partial charge is 0.391 e. The number of amides is 2. The number of nitrogens with zero attached hydrogens (tertiary/aromatic N) is 9. The van der Waals surface area contributed by atoms with Gasteiger partial charge < -0.3 is 20.2 Å². The Hall–Kier alpha value is -5.16. The van der Waals surface area contributed by atoms with Gasteiger partial charge in [0.2, 0.25) is 11.8 Å². The number of thiazole rings is 1. The first-order valence-corrected chi connectivity index (χ1v) is 28.1. The second-order valence-corrected chi connectivity index (χ2v) is 24.1. The molecule has 72 heavy (non-hydrogen) atoms. The number of halogens is 1. The van der Waals surface area contributed by atoms with E-state index in [4.69, 9.17) is 9.97 Å². The number of aryl methyl sites for hydroxylation is 1. The fraction of sp³-hybridized carbons (Fsp3) is 0.536. The Labute approximate surface area is 434 Å². The lowest BCUT2D eigenvalue weighted by atomic mass is 9.70. The Morgan fingerprint density at radius 3 is 2.42 bits per heavy atom. The van der Waals surface area contributed by atoms with Crippen LogP contribution in [0.15, 0.2) is 75.6 Å². The van der Waals surface area contributed by atoms with Crippen LogP contribution < -0.4 is 10.9 Å². The fourth-order valence-electron chi connectivity index (χ4n) is 12.4. The van der Waals surface area contributed by atoms with E-state index in [1.165, 1.54) is 12.0 Å². The Balaban J connectivity index is 0.741. The van der Waals surface area contributed by atoms with Gasteiger partial charge in [0, 0.05) is 46.7 Å². The molecule has 2 amide bonds. The number of likely N-dealkylation sites (tertiary alicyclic amines) is 2. The van der Waals surface area contributed by atoms with Gasteiger partial charge in [0.25, 0.3) is 5.56 Å². The second kappa shape index (κ2) is 19.9. The van der Waals surface area contributed by atoms with E-state index in [2.05, 4.69) is 82.4 Å². The van der Waals surface area contributed by atoms with Crippen LogP contribution in [0.1, 0.15) is 169 Å². The molecule has 7 heterocycles. The summed E-state index contributed by atoms with van der Waals surface area (Å²) >= 11 is 5.27. The Morgan fingerprint density at radius 1 is 0.931 bits per heavy atom. The van der Waals surface area contributed by atoms with Crippen molar-refractivity contribution >= 4 is 50.0 Å². The lowest BCUT2D eigenvalue weighted by molar-refractivity contribution is -0.144. The van der Waals surface area contributed by atoms with Crippen LogP contribution in [0.4, 0.5) is 0 Å². The number of rotatable bonds is 14. The quantitative estimate of drug-likeness (QED) is 0.100. The summed E-state index contributed by atoms with van der Waals surface area (Å²) in [6.45, 7) is 11.2. The third-order valence-corrected chi connectivity index (χ3v) is 18.1. The number of carbonyl (C=O) groups is 2. The number of carbonyl (C=O) groups excluding carboxylic acids is 2. The molecular formula is C56H67BrN10O4S. The van der Waals surface area contributed by atoms with Gasteiger partial charge in [-0.15, -0.1) is 16.4 Å². The van der Waals surface area contributed by atoms with Crippen molar-refractivity contribution in [2.75, 3.05) is 26.2 Å². The Kier molecular flexibility index (Phi) is 13.6. The minimum Gasteiger partial charge on any atom is -0.391 e. The molecule has 4 atom stereocenters. The maximum atomic E-state index is 14.6. The van der Waals surface area contributed by atoms with Crippen LogP contribution in [-0.2, 0) is 15.0 Å². The molecule has 11 rings (SSSR count). The van der Waals surface area contributed by atoms with Crippen LogP contribution >= 0.6 is 27.3 Å². The van der Waals surface area contributed by atoms with Gasteiger partial charge in [-0.3, -0.25) is 19.0 Å². The first-order valence-electron chi connectivity index (χ1n) is 26.4. The molecule has 2 N–H and O–H groups in total. The number of unbranched alkanes of at least 4 members (excludes halogenated alkanes) is 2. The van der Waals surface area contributed by atoms with E-state index in [-0.39, 0.29) is 41.8 Å². The van der Waals surface area contributed by atoms with E-state index >= 15 is 0 Å². The van der Waals surface area contributed by atoms with Crippen LogP contribution in [0.5, 0.6) is 0 Å². The maximum absolute atomic E-state index is 14.6. The third-order valence-electron chi connectivity index (χ3n) is 16.4. The number of nitrogens with one attached hydrogen (secondary N) is 1. The zero-order valence-corrected chi connectivity index (χ0v) is 44.4. The number of aliphatic hydroxyl groups is 1. The SMILES string of the molecule is Cc1ncsc1-c1ccc([C@H](CCCCCN2CCC(c3ccc4c(n3)-n3c(nc(=O)c5c(Br)cccc53)C43CCCCC3)CC2)NC(=O)[C@H]2C[C@H](O)CN2C(=O)C(n2cc(C3CC3)nn2)C(C)(C)C)cc1. The summed E-state index contributed by atoms with van der Waals surface area (Å²) in [4.78, 5) is 62.6. The molecule has 2 aromatic carbocycles. The average Bonchev–Trinajstić information content (AvgIpc) is 3.61. The highest BCUT2D eigenvalue weighted by atomic mass is 79.9. The van der Waals surface area contributed by atoms with Gasteiger partial charge in [-0.25, -0.2) is 14.6 Å². The van der Waals surface area contributed by atoms with Crippen LogP contribution in [0, 0.1) is 12.3 Å². The smallest absolute Gasteiger partial charge is 0.281 e. The van der Waals surface area contributed by atoms with E-state index < -0.39 is 23.6 Å². The van der Waals surface area contributed by atoms with Gasteiger partial charge in [-0.05, 0) is 129 Å². The highest BCUT2D eigenvalue weighted by Gasteiger charge is 2.48. The number of pyridine rings is 1. The number of hydrogen-bond acceptors (Lipinski definition) is 11. The van der Waals surface area contributed by atoms with Gasteiger partial charge in [0.05, 0.1) is 50.2 Å². The molecule has 6 aromatic rings. The van der Waals surface area contributed by atoms with E-state index in [0.29, 0.717) is 17.2 Å². The molecule has 1 unspecified atom stereocenters. The van der Waals surface area contributed by atoms with Crippen molar-refractivity contribution in [1.29, 1.82) is 0 Å². The summed E-state index contributed by atoms with van der Waals surface area (Å²) in [6.07, 6.45) is 14.6. The molecule has 5 aliphatic rings. The summed E-state index contributed by atoms with van der Waals surface area (Å²) in [5, 5.41) is 23.8. The highest BCUT2D eigenvalue weighted by molar-refractivity contribution is 9.10. The topological polar surface area (TPSA) is 164 Å². The monoisotopic (exact) mass is 1050 g/mol. The lowest BCUT2D eigenvalue weighted by Crippen LogP contribution is -2.50. The number of aliphatic hydroxyl groups excluding tert-OH is 1. The van der Waals surface area contributed by atoms with Crippen LogP contribution in [0.3, 0.4) is 0 Å². The van der Waals surface area contributed by atoms with Gasteiger partial charge >= 0.3 is 0 Å². The first kappa shape index (κ1) is 49.1. The number of fused-ring (bicyclic) bond motifs is 7. The fourth-order valence-corrected chi connectivity index (χ4v) is 13.8. The van der Waals surface area contributed by atoms with Crippen molar-refractivity contribution in [3.8, 4) is 16.3 Å². The molecule has 0 radical (unpaired) electrons. The number of hydrogen-bond donors (Lipinski definition) is 2. The van der Waals surface area contributed by atoms with Crippen molar-refractivity contribution in [2.24, 2.45) is 5.41 Å². The molecule has 0 bridgehead atoms. The second-order valence-electron chi connectivity index (χ2n) is 22.4. The average molecular weight is 1060 g/mol. The molecule has 4 fully saturated rings. The van der Waals surface area contributed by atoms with Gasteiger partial charge in [0.1, 0.15) is 23.7 Å². The van der Waals surface area contributed by atoms with E-state index in [9.17, 15) is 19.5 Å². The molecule has 3 aliphatic heterocycles. The van der Waals surface area contributed by atoms with E-state index in [1.807, 2.05) is 57.6 Å². The summed E-state index contributed by atoms with van der Waals surface area (Å²) in [6, 6.07) is 17.2.